The summed E-state index contributed by atoms with van der Waals surface area (Å²) >= 11 is 0. The van der Waals surface area contributed by atoms with Crippen molar-refractivity contribution in [1.82, 2.24) is 4.90 Å². The van der Waals surface area contributed by atoms with Gasteiger partial charge in [0.2, 0.25) is 0 Å². The number of amides is 1. The van der Waals surface area contributed by atoms with Crippen LogP contribution in [-0.2, 0) is 4.74 Å². The van der Waals surface area contributed by atoms with Crippen LogP contribution in [0.5, 0.6) is 5.75 Å². The molecule has 1 aromatic rings. The summed E-state index contributed by atoms with van der Waals surface area (Å²) in [4.78, 5) is 14.0. The van der Waals surface area contributed by atoms with Crippen molar-refractivity contribution in [3.8, 4) is 5.75 Å². The van der Waals surface area contributed by atoms with Crippen LogP contribution in [-0.4, -0.2) is 54.9 Å². The van der Waals surface area contributed by atoms with Crippen molar-refractivity contribution in [3.63, 3.8) is 0 Å². The van der Waals surface area contributed by atoms with Gasteiger partial charge in [-0.25, -0.2) is 4.39 Å². The Balaban J connectivity index is 2.18. The number of aliphatic hydroxyl groups is 1. The van der Waals surface area contributed by atoms with Crippen molar-refractivity contribution in [2.75, 3.05) is 26.8 Å². The number of rotatable bonds is 3. The fourth-order valence-corrected chi connectivity index (χ4v) is 2.29. The predicted octanol–water partition coefficient (Wildman–Crippen LogP) is 1.06. The third-order valence-electron chi connectivity index (χ3n) is 3.22. The molecule has 1 heterocycles. The van der Waals surface area contributed by atoms with Gasteiger partial charge in [-0.05, 0) is 25.1 Å². The summed E-state index contributed by atoms with van der Waals surface area (Å²) in [6.07, 6.45) is -0.530. The number of carbonyl (C=O) groups excluding carboxylic acids is 1. The number of methoxy groups -OCH3 is 1. The number of ether oxygens (including phenoxy) is 2. The maximum Gasteiger partial charge on any atom is 0.254 e. The Hall–Kier alpha value is -1.66. The number of nitrogens with zero attached hydrogens (tertiary/aromatic N) is 1. The molecular weight excluding hydrogens is 265 g/mol. The molecule has 2 atom stereocenters. The summed E-state index contributed by atoms with van der Waals surface area (Å²) in [6, 6.07) is 4.01. The van der Waals surface area contributed by atoms with Crippen LogP contribution in [0.3, 0.4) is 0 Å². The van der Waals surface area contributed by atoms with Gasteiger partial charge in [0.05, 0.1) is 25.9 Å². The molecule has 0 spiro atoms. The molecule has 1 fully saturated rings. The van der Waals surface area contributed by atoms with E-state index in [2.05, 4.69) is 0 Å². The summed E-state index contributed by atoms with van der Waals surface area (Å²) in [6.45, 7) is 2.46. The van der Waals surface area contributed by atoms with Gasteiger partial charge in [-0.1, -0.05) is 0 Å². The van der Waals surface area contributed by atoms with Gasteiger partial charge in [0.1, 0.15) is 0 Å². The first-order valence-corrected chi connectivity index (χ1v) is 6.44. The molecule has 1 saturated heterocycles. The lowest BCUT2D eigenvalue weighted by molar-refractivity contribution is -0.0858. The number of morpholine rings is 1. The third-order valence-corrected chi connectivity index (χ3v) is 3.22. The van der Waals surface area contributed by atoms with E-state index in [4.69, 9.17) is 14.6 Å². The molecule has 6 heteroatoms. The molecule has 0 radical (unpaired) electrons. The van der Waals surface area contributed by atoms with E-state index in [1.807, 2.05) is 6.92 Å². The van der Waals surface area contributed by atoms with Crippen molar-refractivity contribution in [3.05, 3.63) is 29.6 Å². The van der Waals surface area contributed by atoms with Gasteiger partial charge in [0, 0.05) is 18.7 Å². The van der Waals surface area contributed by atoms with Crippen molar-refractivity contribution in [2.45, 2.75) is 19.1 Å². The molecule has 1 aliphatic heterocycles. The lowest BCUT2D eigenvalue weighted by atomic mass is 10.1. The number of carbonyl (C=O) groups is 1. The Kier molecular flexibility index (Phi) is 4.57. The highest BCUT2D eigenvalue weighted by molar-refractivity contribution is 5.94. The summed E-state index contributed by atoms with van der Waals surface area (Å²) in [5, 5.41) is 9.16. The first-order chi connectivity index (χ1) is 9.55. The van der Waals surface area contributed by atoms with Gasteiger partial charge >= 0.3 is 0 Å². The molecule has 1 aliphatic rings. The zero-order valence-electron chi connectivity index (χ0n) is 11.5. The topological polar surface area (TPSA) is 59.0 Å². The normalized spacial score (nSPS) is 22.7. The minimum Gasteiger partial charge on any atom is -0.494 e. The number of hydrogen-bond donors (Lipinski definition) is 1. The zero-order chi connectivity index (χ0) is 14.7. The largest absolute Gasteiger partial charge is 0.494 e. The van der Waals surface area contributed by atoms with Crippen LogP contribution in [0, 0.1) is 5.82 Å². The third kappa shape index (κ3) is 3.08. The van der Waals surface area contributed by atoms with Crippen molar-refractivity contribution >= 4 is 5.91 Å². The fraction of sp³-hybridized carbons (Fsp3) is 0.500. The molecule has 0 aromatic heterocycles. The average Bonchev–Trinajstić information content (AvgIpc) is 2.46. The van der Waals surface area contributed by atoms with Gasteiger partial charge in [0.25, 0.3) is 5.91 Å². The molecule has 0 bridgehead atoms. The number of hydrogen-bond acceptors (Lipinski definition) is 4. The minimum atomic E-state index is -0.507. The summed E-state index contributed by atoms with van der Waals surface area (Å²) in [5.41, 5.74) is 0.356. The quantitative estimate of drug-likeness (QED) is 0.901. The fourth-order valence-electron chi connectivity index (χ4n) is 2.29. The Morgan fingerprint density at radius 3 is 2.95 bits per heavy atom. The monoisotopic (exact) mass is 283 g/mol. The van der Waals surface area contributed by atoms with Crippen LogP contribution in [0.4, 0.5) is 4.39 Å². The van der Waals surface area contributed by atoms with Gasteiger partial charge in [-0.15, -0.1) is 0 Å². The van der Waals surface area contributed by atoms with Crippen LogP contribution in [0.1, 0.15) is 17.3 Å². The van der Waals surface area contributed by atoms with E-state index in [0.717, 1.165) is 0 Å². The van der Waals surface area contributed by atoms with Gasteiger partial charge in [0.15, 0.2) is 11.6 Å². The Morgan fingerprint density at radius 1 is 1.55 bits per heavy atom. The van der Waals surface area contributed by atoms with Crippen LogP contribution in [0.25, 0.3) is 0 Å². The Morgan fingerprint density at radius 2 is 2.30 bits per heavy atom. The molecule has 5 nitrogen and oxygen atoms in total. The lowest BCUT2D eigenvalue weighted by Crippen LogP contribution is -2.50. The summed E-state index contributed by atoms with van der Waals surface area (Å²) in [7, 11) is 1.35. The Labute approximate surface area is 116 Å². The second-order valence-electron chi connectivity index (χ2n) is 4.81. The Bertz CT molecular complexity index is 494. The van der Waals surface area contributed by atoms with E-state index in [1.165, 1.54) is 25.3 Å². The lowest BCUT2D eigenvalue weighted by Gasteiger charge is -2.36. The second-order valence-corrected chi connectivity index (χ2v) is 4.81. The number of aliphatic hydroxyl groups excluding tert-OH is 1. The summed E-state index contributed by atoms with van der Waals surface area (Å²) < 4.78 is 23.7. The summed E-state index contributed by atoms with van der Waals surface area (Å²) in [5.74, 6) is -0.694. The van der Waals surface area contributed by atoms with Crippen molar-refractivity contribution < 1.29 is 23.8 Å². The van der Waals surface area contributed by atoms with E-state index in [-0.39, 0.29) is 30.5 Å². The van der Waals surface area contributed by atoms with E-state index in [9.17, 15) is 9.18 Å². The standard InChI is InChI=1S/C14H18FNO4/c1-9-6-16(7-11(8-17)20-9)14(18)10-3-4-12(15)13(5-10)19-2/h3-5,9,11,17H,6-8H2,1-2H3. The van der Waals surface area contributed by atoms with Gasteiger partial charge < -0.3 is 19.5 Å². The second kappa shape index (κ2) is 6.19. The van der Waals surface area contributed by atoms with E-state index in [0.29, 0.717) is 18.7 Å². The highest BCUT2D eigenvalue weighted by Gasteiger charge is 2.28. The molecule has 0 aliphatic carbocycles. The first kappa shape index (κ1) is 14.7. The smallest absolute Gasteiger partial charge is 0.254 e. The van der Waals surface area contributed by atoms with E-state index < -0.39 is 5.82 Å². The molecule has 2 unspecified atom stereocenters. The SMILES string of the molecule is COc1cc(C(=O)N2CC(C)OC(CO)C2)ccc1F. The molecule has 1 aromatic carbocycles. The van der Waals surface area contributed by atoms with Gasteiger partial charge in [-0.3, -0.25) is 4.79 Å². The highest BCUT2D eigenvalue weighted by atomic mass is 19.1. The molecule has 110 valence electrons. The number of benzene rings is 1. The van der Waals surface area contributed by atoms with Crippen LogP contribution in [0.15, 0.2) is 18.2 Å². The van der Waals surface area contributed by atoms with Gasteiger partial charge in [-0.2, -0.15) is 0 Å². The van der Waals surface area contributed by atoms with Crippen LogP contribution in [0.2, 0.25) is 0 Å². The maximum atomic E-state index is 13.4. The molecule has 0 saturated carbocycles. The molecule has 1 N–H and O–H groups in total. The average molecular weight is 283 g/mol. The molecule has 1 amide bonds. The molecule has 2 rings (SSSR count). The minimum absolute atomic E-state index is 0.0378. The number of halogens is 1. The zero-order valence-corrected chi connectivity index (χ0v) is 11.5. The molecule has 20 heavy (non-hydrogen) atoms. The maximum absolute atomic E-state index is 13.4. The predicted molar refractivity (Wildman–Crippen MR) is 70.3 cm³/mol. The van der Waals surface area contributed by atoms with Crippen molar-refractivity contribution in [1.29, 1.82) is 0 Å². The van der Waals surface area contributed by atoms with Crippen LogP contribution < -0.4 is 4.74 Å². The van der Waals surface area contributed by atoms with E-state index >= 15 is 0 Å². The van der Waals surface area contributed by atoms with E-state index in [1.54, 1.807) is 4.90 Å². The first-order valence-electron chi connectivity index (χ1n) is 6.44. The molecular formula is C14H18FNO4. The highest BCUT2D eigenvalue weighted by Crippen LogP contribution is 2.21. The van der Waals surface area contributed by atoms with Crippen molar-refractivity contribution in [2.24, 2.45) is 0 Å². The van der Waals surface area contributed by atoms with Crippen LogP contribution >= 0.6 is 0 Å².